The number of amides is 2. The van der Waals surface area contributed by atoms with E-state index in [0.717, 1.165) is 22.6 Å². The zero-order valence-electron chi connectivity index (χ0n) is 15.5. The molecule has 2 amide bonds. The molecule has 26 heavy (non-hydrogen) atoms. The molecule has 0 saturated heterocycles. The number of urea groups is 1. The topological polar surface area (TPSA) is 64.9 Å². The number of nitriles is 1. The summed E-state index contributed by atoms with van der Waals surface area (Å²) in [6.45, 7) is 5.98. The van der Waals surface area contributed by atoms with E-state index in [0.29, 0.717) is 5.75 Å². The molecule has 0 radical (unpaired) electrons. The number of benzene rings is 2. The third kappa shape index (κ3) is 5.82. The molecule has 2 N–H and O–H groups in total. The summed E-state index contributed by atoms with van der Waals surface area (Å²) in [6, 6.07) is 17.8. The Kier molecular flexibility index (Phi) is 7.55. The van der Waals surface area contributed by atoms with Gasteiger partial charge in [-0.15, -0.1) is 11.8 Å². The quantitative estimate of drug-likeness (QED) is 0.645. The molecule has 2 aromatic carbocycles. The van der Waals surface area contributed by atoms with Crippen LogP contribution >= 0.6 is 11.8 Å². The van der Waals surface area contributed by atoms with Gasteiger partial charge < -0.3 is 10.6 Å². The van der Waals surface area contributed by atoms with Gasteiger partial charge in [0, 0.05) is 10.6 Å². The van der Waals surface area contributed by atoms with Crippen molar-refractivity contribution in [1.82, 2.24) is 5.32 Å². The summed E-state index contributed by atoms with van der Waals surface area (Å²) in [6.07, 6.45) is 1.00. The summed E-state index contributed by atoms with van der Waals surface area (Å²) in [7, 11) is 0. The normalized spacial score (nSPS) is 12.7. The zero-order valence-corrected chi connectivity index (χ0v) is 16.3. The first-order valence-electron chi connectivity index (χ1n) is 8.81. The summed E-state index contributed by atoms with van der Waals surface area (Å²) in [5, 5.41) is 14.8. The fourth-order valence-electron chi connectivity index (χ4n) is 2.43. The molecule has 0 saturated carbocycles. The molecule has 5 heteroatoms. The molecule has 2 rings (SSSR count). The van der Waals surface area contributed by atoms with Gasteiger partial charge >= 0.3 is 6.03 Å². The Balaban J connectivity index is 1.97. The fraction of sp³-hybridized carbons (Fsp3) is 0.333. The number of rotatable bonds is 7. The van der Waals surface area contributed by atoms with Crippen molar-refractivity contribution in [3.05, 3.63) is 59.7 Å². The summed E-state index contributed by atoms with van der Waals surface area (Å²) in [5.41, 5.74) is 3.11. The highest BCUT2D eigenvalue weighted by Crippen LogP contribution is 2.28. The van der Waals surface area contributed by atoms with Crippen LogP contribution in [0.1, 0.15) is 37.9 Å². The van der Waals surface area contributed by atoms with Gasteiger partial charge in [0.15, 0.2) is 0 Å². The first-order chi connectivity index (χ1) is 12.5. The molecular formula is C21H25N3OS. The number of hydrogen-bond acceptors (Lipinski definition) is 3. The van der Waals surface area contributed by atoms with E-state index < -0.39 is 0 Å². The SMILES string of the molecule is CCc1ccc(C(C)NC(=O)Nc2ccccc2SCC(C)C#N)cc1. The average molecular weight is 368 g/mol. The van der Waals surface area contributed by atoms with Crippen LogP contribution in [0.4, 0.5) is 10.5 Å². The molecule has 2 atom stereocenters. The lowest BCUT2D eigenvalue weighted by Crippen LogP contribution is -2.31. The molecule has 0 aliphatic heterocycles. The number of nitrogens with zero attached hydrogens (tertiary/aromatic N) is 1. The van der Waals surface area contributed by atoms with Crippen molar-refractivity contribution in [3.8, 4) is 6.07 Å². The van der Waals surface area contributed by atoms with Crippen LogP contribution in [0.15, 0.2) is 53.4 Å². The molecule has 4 nitrogen and oxygen atoms in total. The van der Waals surface area contributed by atoms with Crippen LogP contribution in [0.2, 0.25) is 0 Å². The van der Waals surface area contributed by atoms with Gasteiger partial charge in [0.25, 0.3) is 0 Å². The van der Waals surface area contributed by atoms with Crippen LogP contribution < -0.4 is 10.6 Å². The van der Waals surface area contributed by atoms with Crippen molar-refractivity contribution in [2.75, 3.05) is 11.1 Å². The van der Waals surface area contributed by atoms with Crippen molar-refractivity contribution in [3.63, 3.8) is 0 Å². The van der Waals surface area contributed by atoms with E-state index in [4.69, 9.17) is 5.26 Å². The lowest BCUT2D eigenvalue weighted by molar-refractivity contribution is 0.249. The van der Waals surface area contributed by atoms with Crippen LogP contribution in [0.5, 0.6) is 0 Å². The number of para-hydroxylation sites is 1. The molecule has 0 spiro atoms. The molecule has 0 heterocycles. The number of nitrogens with one attached hydrogen (secondary N) is 2. The fourth-order valence-corrected chi connectivity index (χ4v) is 3.38. The van der Waals surface area contributed by atoms with Gasteiger partial charge in [-0.25, -0.2) is 4.79 Å². The van der Waals surface area contributed by atoms with Crippen molar-refractivity contribution in [2.45, 2.75) is 38.1 Å². The van der Waals surface area contributed by atoms with Crippen molar-refractivity contribution in [1.29, 1.82) is 5.26 Å². The van der Waals surface area contributed by atoms with Gasteiger partial charge in [0.1, 0.15) is 0 Å². The second-order valence-electron chi connectivity index (χ2n) is 6.25. The zero-order chi connectivity index (χ0) is 18.9. The maximum absolute atomic E-state index is 12.4. The minimum atomic E-state index is -0.238. The van der Waals surface area contributed by atoms with Crippen molar-refractivity contribution < 1.29 is 4.79 Å². The summed E-state index contributed by atoms with van der Waals surface area (Å²) >= 11 is 1.58. The van der Waals surface area contributed by atoms with Gasteiger partial charge in [0.2, 0.25) is 0 Å². The van der Waals surface area contributed by atoms with E-state index in [1.165, 1.54) is 5.56 Å². The first kappa shape index (κ1) is 19.9. The van der Waals surface area contributed by atoms with Gasteiger partial charge in [-0.1, -0.05) is 43.3 Å². The smallest absolute Gasteiger partial charge is 0.319 e. The Morgan fingerprint density at radius 1 is 1.15 bits per heavy atom. The molecule has 0 aliphatic carbocycles. The van der Waals surface area contributed by atoms with Gasteiger partial charge in [-0.3, -0.25) is 0 Å². The predicted molar refractivity (Wildman–Crippen MR) is 108 cm³/mol. The standard InChI is InChI=1S/C21H25N3OS/c1-4-17-9-11-18(12-10-17)16(3)23-21(25)24-19-7-5-6-8-20(19)26-14-15(2)13-22/h5-12,15-16H,4,14H2,1-3H3,(H2,23,24,25). The van der Waals surface area contributed by atoms with Crippen LogP contribution in [0.25, 0.3) is 0 Å². The minimum absolute atomic E-state index is 0.0343. The highest BCUT2D eigenvalue weighted by Gasteiger charge is 2.12. The predicted octanol–water partition coefficient (Wildman–Crippen LogP) is 5.38. The molecule has 0 fully saturated rings. The van der Waals surface area contributed by atoms with E-state index in [1.54, 1.807) is 11.8 Å². The monoisotopic (exact) mass is 367 g/mol. The van der Waals surface area contributed by atoms with E-state index in [2.05, 4.69) is 47.9 Å². The third-order valence-corrected chi connectivity index (χ3v) is 5.41. The summed E-state index contributed by atoms with van der Waals surface area (Å²) < 4.78 is 0. The van der Waals surface area contributed by atoms with E-state index in [9.17, 15) is 4.79 Å². The second-order valence-corrected chi connectivity index (χ2v) is 7.31. The van der Waals surface area contributed by atoms with E-state index in [-0.39, 0.29) is 18.0 Å². The molecule has 2 unspecified atom stereocenters. The Morgan fingerprint density at radius 2 is 1.85 bits per heavy atom. The van der Waals surface area contributed by atoms with Crippen LogP contribution in [-0.4, -0.2) is 11.8 Å². The lowest BCUT2D eigenvalue weighted by atomic mass is 10.1. The molecule has 0 aliphatic rings. The van der Waals surface area contributed by atoms with Crippen molar-refractivity contribution in [2.24, 2.45) is 5.92 Å². The minimum Gasteiger partial charge on any atom is -0.331 e. The summed E-state index contributed by atoms with van der Waals surface area (Å²) in [5.74, 6) is 0.657. The Morgan fingerprint density at radius 3 is 2.50 bits per heavy atom. The number of thioether (sulfide) groups is 1. The van der Waals surface area contributed by atoms with Crippen LogP contribution in [0.3, 0.4) is 0 Å². The number of carbonyl (C=O) groups is 1. The Bertz CT molecular complexity index is 768. The van der Waals surface area contributed by atoms with Crippen LogP contribution in [-0.2, 0) is 6.42 Å². The highest BCUT2D eigenvalue weighted by atomic mass is 32.2. The largest absolute Gasteiger partial charge is 0.331 e. The second kappa shape index (κ2) is 9.88. The maximum atomic E-state index is 12.4. The van der Waals surface area contributed by atoms with Crippen LogP contribution in [0, 0.1) is 17.2 Å². The third-order valence-electron chi connectivity index (χ3n) is 4.08. The molecule has 0 bridgehead atoms. The van der Waals surface area contributed by atoms with E-state index in [1.807, 2.05) is 38.1 Å². The Labute approximate surface area is 160 Å². The van der Waals surface area contributed by atoms with E-state index >= 15 is 0 Å². The molecule has 2 aromatic rings. The first-order valence-corrected chi connectivity index (χ1v) is 9.79. The molecule has 0 aromatic heterocycles. The number of anilines is 1. The average Bonchev–Trinajstić information content (AvgIpc) is 2.66. The molecule has 136 valence electrons. The number of carbonyl (C=O) groups excluding carboxylic acids is 1. The molecular weight excluding hydrogens is 342 g/mol. The number of aryl methyl sites for hydroxylation is 1. The Hall–Kier alpha value is -2.45. The van der Waals surface area contributed by atoms with Gasteiger partial charge in [0.05, 0.1) is 23.7 Å². The lowest BCUT2D eigenvalue weighted by Gasteiger charge is -2.17. The van der Waals surface area contributed by atoms with Gasteiger partial charge in [-0.05, 0) is 43.5 Å². The number of hydrogen-bond donors (Lipinski definition) is 2. The highest BCUT2D eigenvalue weighted by molar-refractivity contribution is 7.99. The maximum Gasteiger partial charge on any atom is 0.319 e. The summed E-state index contributed by atoms with van der Waals surface area (Å²) in [4.78, 5) is 13.3. The van der Waals surface area contributed by atoms with Crippen molar-refractivity contribution >= 4 is 23.5 Å². The van der Waals surface area contributed by atoms with Gasteiger partial charge in [-0.2, -0.15) is 5.26 Å².